The molecule has 16 heavy (non-hydrogen) atoms. The average Bonchev–Trinajstić information content (AvgIpc) is 2.59. The maximum Gasteiger partial charge on any atom is 0.150 e. The highest BCUT2D eigenvalue weighted by atomic mass is 32.2. The van der Waals surface area contributed by atoms with Crippen molar-refractivity contribution < 1.29 is 13.2 Å². The molecule has 2 heterocycles. The summed E-state index contributed by atoms with van der Waals surface area (Å²) in [4.78, 5) is 0. The Morgan fingerprint density at radius 3 is 2.56 bits per heavy atom. The molecule has 1 unspecified atom stereocenters. The Hall–Kier alpha value is -0.130. The van der Waals surface area contributed by atoms with Crippen LogP contribution >= 0.6 is 0 Å². The van der Waals surface area contributed by atoms with Crippen LogP contribution in [0.5, 0.6) is 0 Å². The number of methoxy groups -OCH3 is 1. The highest BCUT2D eigenvalue weighted by molar-refractivity contribution is 7.91. The summed E-state index contributed by atoms with van der Waals surface area (Å²) in [5, 5.41) is 3.32. The lowest BCUT2D eigenvalue weighted by Gasteiger charge is -2.38. The highest BCUT2D eigenvalue weighted by Gasteiger charge is 2.38. The predicted molar refractivity (Wildman–Crippen MR) is 63.2 cm³/mol. The molecule has 2 aliphatic heterocycles. The van der Waals surface area contributed by atoms with E-state index in [1.807, 2.05) is 0 Å². The van der Waals surface area contributed by atoms with E-state index in [1.165, 1.54) is 0 Å². The van der Waals surface area contributed by atoms with Crippen LogP contribution in [-0.2, 0) is 14.6 Å². The molecule has 2 fully saturated rings. The molecule has 1 N–H and O–H groups in total. The smallest absolute Gasteiger partial charge is 0.150 e. The van der Waals surface area contributed by atoms with Gasteiger partial charge in [-0.05, 0) is 44.7 Å². The average molecular weight is 247 g/mol. The van der Waals surface area contributed by atoms with E-state index in [2.05, 4.69) is 5.32 Å². The minimum absolute atomic E-state index is 0.0736. The molecule has 0 amide bonds. The van der Waals surface area contributed by atoms with Gasteiger partial charge in [0.25, 0.3) is 0 Å². The van der Waals surface area contributed by atoms with E-state index in [0.29, 0.717) is 17.4 Å². The van der Waals surface area contributed by atoms with Gasteiger partial charge in [0.2, 0.25) is 0 Å². The topological polar surface area (TPSA) is 55.4 Å². The van der Waals surface area contributed by atoms with Gasteiger partial charge in [0.1, 0.15) is 0 Å². The quantitative estimate of drug-likeness (QED) is 0.792. The van der Waals surface area contributed by atoms with Crippen LogP contribution in [0.3, 0.4) is 0 Å². The van der Waals surface area contributed by atoms with E-state index >= 15 is 0 Å². The Bertz CT molecular complexity index is 333. The van der Waals surface area contributed by atoms with Gasteiger partial charge in [-0.15, -0.1) is 0 Å². The molecular formula is C11H21NO3S. The molecule has 0 spiro atoms. The second-order valence-electron chi connectivity index (χ2n) is 5.11. The maximum atomic E-state index is 11.4. The van der Waals surface area contributed by atoms with Crippen molar-refractivity contribution in [3.05, 3.63) is 0 Å². The number of sulfone groups is 1. The fourth-order valence-corrected chi connectivity index (χ4v) is 4.79. The first-order valence-electron chi connectivity index (χ1n) is 6.02. The van der Waals surface area contributed by atoms with Gasteiger partial charge in [-0.2, -0.15) is 0 Å². The molecule has 1 atom stereocenters. The summed E-state index contributed by atoms with van der Waals surface area (Å²) in [6.07, 6.45) is 3.73. The van der Waals surface area contributed by atoms with Crippen LogP contribution in [0.4, 0.5) is 0 Å². The number of hydrogen-bond donors (Lipinski definition) is 1. The van der Waals surface area contributed by atoms with Crippen LogP contribution in [-0.4, -0.2) is 45.7 Å². The molecule has 0 aromatic carbocycles. The summed E-state index contributed by atoms with van der Waals surface area (Å²) >= 11 is 0. The van der Waals surface area contributed by atoms with E-state index in [1.54, 1.807) is 7.11 Å². The molecule has 2 aliphatic rings. The van der Waals surface area contributed by atoms with Crippen molar-refractivity contribution in [1.29, 1.82) is 0 Å². The normalized spacial score (nSPS) is 32.7. The lowest BCUT2D eigenvalue weighted by molar-refractivity contribution is -0.0494. The lowest BCUT2D eigenvalue weighted by atomic mass is 9.83. The molecule has 4 nitrogen and oxygen atoms in total. The molecule has 0 saturated carbocycles. The zero-order valence-electron chi connectivity index (χ0n) is 9.87. The number of piperidine rings is 1. The molecule has 0 radical (unpaired) electrons. The summed E-state index contributed by atoms with van der Waals surface area (Å²) in [7, 11) is -0.994. The second-order valence-corrected chi connectivity index (χ2v) is 7.34. The zero-order chi connectivity index (χ0) is 11.6. The van der Waals surface area contributed by atoms with E-state index in [-0.39, 0.29) is 5.60 Å². The number of hydrogen-bond acceptors (Lipinski definition) is 4. The van der Waals surface area contributed by atoms with Gasteiger partial charge in [0, 0.05) is 7.11 Å². The van der Waals surface area contributed by atoms with Gasteiger partial charge >= 0.3 is 0 Å². The first-order chi connectivity index (χ1) is 7.55. The zero-order valence-corrected chi connectivity index (χ0v) is 10.7. The second kappa shape index (κ2) is 4.63. The number of rotatable bonds is 3. The van der Waals surface area contributed by atoms with Crippen LogP contribution in [0.15, 0.2) is 0 Å². The minimum atomic E-state index is -2.75. The van der Waals surface area contributed by atoms with Crippen molar-refractivity contribution >= 4 is 9.84 Å². The Morgan fingerprint density at radius 2 is 2.06 bits per heavy atom. The molecule has 2 rings (SSSR count). The van der Waals surface area contributed by atoms with Gasteiger partial charge < -0.3 is 10.1 Å². The van der Waals surface area contributed by atoms with Crippen LogP contribution < -0.4 is 5.32 Å². The molecule has 94 valence electrons. The summed E-state index contributed by atoms with van der Waals surface area (Å²) < 4.78 is 28.5. The Labute approximate surface area is 97.7 Å². The van der Waals surface area contributed by atoms with E-state index in [9.17, 15) is 8.42 Å². The van der Waals surface area contributed by atoms with Crippen molar-refractivity contribution in [2.24, 2.45) is 5.92 Å². The van der Waals surface area contributed by atoms with Crippen molar-refractivity contribution in [2.45, 2.75) is 31.3 Å². The number of nitrogens with one attached hydrogen (secondary N) is 1. The van der Waals surface area contributed by atoms with Crippen LogP contribution in [0, 0.1) is 5.92 Å². The number of ether oxygens (including phenoxy) is 1. The predicted octanol–water partition coefficient (Wildman–Crippen LogP) is 0.580. The summed E-state index contributed by atoms with van der Waals surface area (Å²) in [5.74, 6) is 1.05. The fourth-order valence-electron chi connectivity index (χ4n) is 2.93. The standard InChI is InChI=1S/C11H21NO3S/c1-15-11(3-5-12-6-4-11)8-10-2-7-16(13,14)9-10/h10,12H,2-9H2,1H3. The third-order valence-corrected chi connectivity index (χ3v) is 5.77. The molecule has 2 saturated heterocycles. The van der Waals surface area contributed by atoms with Crippen molar-refractivity contribution in [3.8, 4) is 0 Å². The van der Waals surface area contributed by atoms with Crippen LogP contribution in [0.2, 0.25) is 0 Å². The first-order valence-corrected chi connectivity index (χ1v) is 7.84. The summed E-state index contributed by atoms with van der Waals surface area (Å²) in [5.41, 5.74) is -0.0736. The molecule has 0 aromatic rings. The molecule has 0 bridgehead atoms. The third kappa shape index (κ3) is 2.76. The van der Waals surface area contributed by atoms with E-state index in [4.69, 9.17) is 4.74 Å². The molecular weight excluding hydrogens is 226 g/mol. The highest BCUT2D eigenvalue weighted by Crippen LogP contribution is 2.34. The molecule has 5 heteroatoms. The summed E-state index contributed by atoms with van der Waals surface area (Å²) in [6.45, 7) is 1.96. The van der Waals surface area contributed by atoms with Crippen LogP contribution in [0.1, 0.15) is 25.7 Å². The molecule has 0 aromatic heterocycles. The lowest BCUT2D eigenvalue weighted by Crippen LogP contribution is -2.44. The van der Waals surface area contributed by atoms with Gasteiger partial charge in [0.15, 0.2) is 9.84 Å². The SMILES string of the molecule is COC1(CC2CCS(=O)(=O)C2)CCNCC1. The van der Waals surface area contributed by atoms with Gasteiger partial charge in [-0.25, -0.2) is 8.42 Å². The van der Waals surface area contributed by atoms with Crippen molar-refractivity contribution in [2.75, 3.05) is 31.7 Å². The fraction of sp³-hybridized carbons (Fsp3) is 1.00. The third-order valence-electron chi connectivity index (χ3n) is 3.94. The Kier molecular flexibility index (Phi) is 3.56. The van der Waals surface area contributed by atoms with Gasteiger partial charge in [-0.1, -0.05) is 0 Å². The van der Waals surface area contributed by atoms with Crippen molar-refractivity contribution in [3.63, 3.8) is 0 Å². The van der Waals surface area contributed by atoms with E-state index in [0.717, 1.165) is 38.8 Å². The first kappa shape index (κ1) is 12.3. The van der Waals surface area contributed by atoms with Crippen LogP contribution in [0.25, 0.3) is 0 Å². The minimum Gasteiger partial charge on any atom is -0.378 e. The van der Waals surface area contributed by atoms with Crippen molar-refractivity contribution in [1.82, 2.24) is 5.32 Å². The molecule has 0 aliphatic carbocycles. The maximum absolute atomic E-state index is 11.4. The Balaban J connectivity index is 1.97. The Morgan fingerprint density at radius 1 is 1.38 bits per heavy atom. The summed E-state index contributed by atoms with van der Waals surface area (Å²) in [6, 6.07) is 0. The monoisotopic (exact) mass is 247 g/mol. The van der Waals surface area contributed by atoms with Gasteiger partial charge in [-0.3, -0.25) is 0 Å². The van der Waals surface area contributed by atoms with Gasteiger partial charge in [0.05, 0.1) is 17.1 Å². The largest absolute Gasteiger partial charge is 0.378 e. The van der Waals surface area contributed by atoms with E-state index < -0.39 is 9.84 Å².